The smallest absolute Gasteiger partial charge is 0.409 e. The summed E-state index contributed by atoms with van der Waals surface area (Å²) in [7, 11) is 1.32. The molecule has 0 saturated carbocycles. The van der Waals surface area contributed by atoms with E-state index in [9.17, 15) is 9.59 Å². The molecule has 0 aliphatic carbocycles. The van der Waals surface area contributed by atoms with Crippen LogP contribution in [0, 0.1) is 5.92 Å². The second-order valence-electron chi connectivity index (χ2n) is 4.85. The first-order valence-corrected chi connectivity index (χ1v) is 7.35. The fraction of sp³-hybridized carbons (Fsp3) is 0.412. The number of alkyl carbamates (subject to hydrolysis) is 1. The van der Waals surface area contributed by atoms with Crippen molar-refractivity contribution in [3.63, 3.8) is 0 Å². The van der Waals surface area contributed by atoms with Crippen LogP contribution >= 0.6 is 0 Å². The van der Waals surface area contributed by atoms with E-state index in [1.165, 1.54) is 7.11 Å². The summed E-state index contributed by atoms with van der Waals surface area (Å²) >= 11 is 0. The van der Waals surface area contributed by atoms with E-state index in [-0.39, 0.29) is 19.3 Å². The predicted molar refractivity (Wildman–Crippen MR) is 85.5 cm³/mol. The number of allylic oxidation sites excluding steroid dienone is 1. The van der Waals surface area contributed by atoms with E-state index in [4.69, 9.17) is 9.47 Å². The lowest BCUT2D eigenvalue weighted by Crippen LogP contribution is -2.34. The topological polar surface area (TPSA) is 73.9 Å². The maximum absolute atomic E-state index is 11.6. The van der Waals surface area contributed by atoms with E-state index in [1.807, 2.05) is 37.3 Å². The normalized spacial score (nSPS) is 13.3. The number of carbonyl (C=O) groups is 2. The van der Waals surface area contributed by atoms with Crippen molar-refractivity contribution in [3.8, 4) is 0 Å². The van der Waals surface area contributed by atoms with Gasteiger partial charge in [-0.15, -0.1) is 0 Å². The van der Waals surface area contributed by atoms with Gasteiger partial charge in [0.05, 0.1) is 19.1 Å². The molecule has 0 fully saturated rings. The van der Waals surface area contributed by atoms with Crippen molar-refractivity contribution >= 4 is 12.1 Å². The molecule has 1 N–H and O–H groups in total. The van der Waals surface area contributed by atoms with Crippen LogP contribution < -0.4 is 5.32 Å². The Kier molecular flexibility index (Phi) is 8.46. The Hall–Kier alpha value is -2.34. The minimum Gasteiger partial charge on any atom is -0.469 e. The molecule has 0 spiro atoms. The number of ether oxygens (including phenoxy) is 3. The van der Waals surface area contributed by atoms with Crippen molar-refractivity contribution in [1.29, 1.82) is 0 Å². The van der Waals surface area contributed by atoms with Crippen molar-refractivity contribution in [2.45, 2.75) is 26.6 Å². The van der Waals surface area contributed by atoms with Gasteiger partial charge < -0.3 is 14.2 Å². The number of rotatable bonds is 8. The number of hydrogen-bond donors (Lipinski definition) is 1. The van der Waals surface area contributed by atoms with Crippen LogP contribution in [0.4, 0.5) is 4.79 Å². The van der Waals surface area contributed by atoms with Gasteiger partial charge in [-0.3, -0.25) is 10.1 Å². The van der Waals surface area contributed by atoms with Gasteiger partial charge >= 0.3 is 12.1 Å². The zero-order chi connectivity index (χ0) is 17.1. The third kappa shape index (κ3) is 6.97. The largest absolute Gasteiger partial charge is 0.469 e. The highest BCUT2D eigenvalue weighted by Crippen LogP contribution is 2.11. The quantitative estimate of drug-likeness (QED) is 0.453. The summed E-state index contributed by atoms with van der Waals surface area (Å²) in [6.07, 6.45) is 2.44. The van der Waals surface area contributed by atoms with Crippen LogP contribution in [0.15, 0.2) is 42.5 Å². The Morgan fingerprint density at radius 2 is 1.96 bits per heavy atom. The summed E-state index contributed by atoms with van der Waals surface area (Å²) in [5.74, 6) is -0.849. The zero-order valence-corrected chi connectivity index (χ0v) is 13.7. The summed E-state index contributed by atoms with van der Waals surface area (Å²) in [5, 5.41) is 2.48. The van der Waals surface area contributed by atoms with Crippen LogP contribution in [0.25, 0.3) is 0 Å². The van der Waals surface area contributed by atoms with Crippen molar-refractivity contribution < 1.29 is 23.8 Å². The molecule has 6 heteroatoms. The Balaban J connectivity index is 2.35. The van der Waals surface area contributed by atoms with Gasteiger partial charge in [-0.25, -0.2) is 4.79 Å². The van der Waals surface area contributed by atoms with Gasteiger partial charge in [-0.1, -0.05) is 42.5 Å². The van der Waals surface area contributed by atoms with Crippen LogP contribution in [-0.2, 0) is 25.6 Å². The van der Waals surface area contributed by atoms with Crippen LogP contribution in [0.1, 0.15) is 19.4 Å². The monoisotopic (exact) mass is 321 g/mol. The van der Waals surface area contributed by atoms with Crippen molar-refractivity contribution in [2.24, 2.45) is 5.92 Å². The second-order valence-corrected chi connectivity index (χ2v) is 4.85. The Bertz CT molecular complexity index is 515. The Labute approximate surface area is 136 Å². The number of nitrogens with one attached hydrogen (secondary N) is 1. The highest BCUT2D eigenvalue weighted by molar-refractivity contribution is 5.72. The molecule has 0 aliphatic rings. The SMILES string of the molecule is C/C=C/[C@@H](OCNC(=O)OCc1ccccc1)[C@H](C)C(=O)OC. The van der Waals surface area contributed by atoms with Gasteiger partial charge in [0, 0.05) is 0 Å². The first kappa shape index (κ1) is 18.7. The standard InChI is InChI=1S/C17H23NO5/c1-4-8-15(13(2)16(19)21-3)23-12-18-17(20)22-11-14-9-6-5-7-10-14/h4-10,13,15H,11-12H2,1-3H3,(H,18,20)/b8-4+/t13-,15+/m0/s1. The lowest BCUT2D eigenvalue weighted by molar-refractivity contribution is -0.148. The molecule has 0 saturated heterocycles. The highest BCUT2D eigenvalue weighted by Gasteiger charge is 2.23. The molecule has 0 heterocycles. The lowest BCUT2D eigenvalue weighted by Gasteiger charge is -2.19. The summed E-state index contributed by atoms with van der Waals surface area (Å²) in [4.78, 5) is 23.1. The minimum absolute atomic E-state index is 0.0655. The molecular weight excluding hydrogens is 298 g/mol. The Morgan fingerprint density at radius 3 is 2.57 bits per heavy atom. The third-order valence-electron chi connectivity index (χ3n) is 3.15. The fourth-order valence-corrected chi connectivity index (χ4v) is 1.85. The van der Waals surface area contributed by atoms with Gasteiger partial charge in [-0.2, -0.15) is 0 Å². The van der Waals surface area contributed by atoms with Crippen LogP contribution in [0.3, 0.4) is 0 Å². The highest BCUT2D eigenvalue weighted by atomic mass is 16.6. The molecule has 23 heavy (non-hydrogen) atoms. The number of hydrogen-bond acceptors (Lipinski definition) is 5. The minimum atomic E-state index is -0.584. The summed E-state index contributed by atoms with van der Waals surface area (Å²) < 4.78 is 15.2. The molecule has 0 radical (unpaired) electrons. The van der Waals surface area contributed by atoms with Crippen LogP contribution in [-0.4, -0.2) is 32.0 Å². The first-order valence-electron chi connectivity index (χ1n) is 7.35. The third-order valence-corrected chi connectivity index (χ3v) is 3.15. The molecule has 0 bridgehead atoms. The molecule has 1 aromatic carbocycles. The van der Waals surface area contributed by atoms with Gasteiger partial charge in [0.2, 0.25) is 0 Å². The lowest BCUT2D eigenvalue weighted by atomic mass is 10.0. The van der Waals surface area contributed by atoms with Crippen LogP contribution in [0.2, 0.25) is 0 Å². The fourth-order valence-electron chi connectivity index (χ4n) is 1.85. The predicted octanol–water partition coefficient (Wildman–Crippen LogP) is 2.64. The molecule has 0 aliphatic heterocycles. The van der Waals surface area contributed by atoms with Gasteiger partial charge in [0.15, 0.2) is 0 Å². The number of benzene rings is 1. The van der Waals surface area contributed by atoms with Crippen molar-refractivity contribution in [2.75, 3.05) is 13.8 Å². The van der Waals surface area contributed by atoms with Gasteiger partial charge in [0.1, 0.15) is 13.3 Å². The maximum Gasteiger partial charge on any atom is 0.409 e. The number of esters is 1. The zero-order valence-electron chi connectivity index (χ0n) is 13.7. The van der Waals surface area contributed by atoms with E-state index in [1.54, 1.807) is 19.1 Å². The summed E-state index contributed by atoms with van der Waals surface area (Å²) in [6.45, 7) is 3.64. The van der Waals surface area contributed by atoms with E-state index in [0.29, 0.717) is 0 Å². The molecule has 126 valence electrons. The average Bonchev–Trinajstić information content (AvgIpc) is 2.58. The summed E-state index contributed by atoms with van der Waals surface area (Å²) in [5.41, 5.74) is 0.898. The average molecular weight is 321 g/mol. The molecule has 0 unspecified atom stereocenters. The molecular formula is C17H23NO5. The van der Waals surface area contributed by atoms with Crippen molar-refractivity contribution in [1.82, 2.24) is 5.32 Å². The van der Waals surface area contributed by atoms with E-state index in [0.717, 1.165) is 5.56 Å². The van der Waals surface area contributed by atoms with Gasteiger partial charge in [0.25, 0.3) is 0 Å². The maximum atomic E-state index is 11.6. The second kappa shape index (κ2) is 10.4. The molecule has 1 rings (SSSR count). The number of methoxy groups -OCH3 is 1. The molecule has 2 atom stereocenters. The molecule has 1 aromatic rings. The number of carbonyl (C=O) groups excluding carboxylic acids is 2. The van der Waals surface area contributed by atoms with Crippen molar-refractivity contribution in [3.05, 3.63) is 48.0 Å². The van der Waals surface area contributed by atoms with E-state index < -0.39 is 18.1 Å². The van der Waals surface area contributed by atoms with E-state index in [2.05, 4.69) is 10.1 Å². The molecule has 0 aromatic heterocycles. The number of amides is 1. The Morgan fingerprint density at radius 1 is 1.26 bits per heavy atom. The molecule has 1 amide bonds. The first-order chi connectivity index (χ1) is 11.1. The van der Waals surface area contributed by atoms with E-state index >= 15 is 0 Å². The van der Waals surface area contributed by atoms with Crippen LogP contribution in [0.5, 0.6) is 0 Å². The van der Waals surface area contributed by atoms with Gasteiger partial charge in [-0.05, 0) is 19.4 Å². The summed E-state index contributed by atoms with van der Waals surface area (Å²) in [6, 6.07) is 9.36. The molecule has 6 nitrogen and oxygen atoms in total.